The first-order chi connectivity index (χ1) is 12.5. The molecular formula is C19H31N5O2. The monoisotopic (exact) mass is 361 g/mol. The number of nitrogens with zero attached hydrogens (tertiary/aromatic N) is 4. The molecule has 3 amide bonds. The molecule has 0 spiro atoms. The van der Waals surface area contributed by atoms with Crippen molar-refractivity contribution in [3.8, 4) is 0 Å². The van der Waals surface area contributed by atoms with Gasteiger partial charge in [-0.1, -0.05) is 0 Å². The molecule has 1 aromatic rings. The molecule has 2 fully saturated rings. The van der Waals surface area contributed by atoms with Crippen LogP contribution in [0.2, 0.25) is 0 Å². The molecule has 7 heteroatoms. The number of urea groups is 1. The van der Waals surface area contributed by atoms with E-state index in [2.05, 4.69) is 10.4 Å². The Hall–Kier alpha value is -2.05. The standard InChI is InChI=1S/C19H31N5O2/c1-14-17(15(2)22(3)21-14)6-7-18(25)20-16-8-12-24(13-9-16)19(26)23-10-4-5-11-23/h16H,4-13H2,1-3H3,(H,20,25). The second kappa shape index (κ2) is 8.10. The van der Waals surface area contributed by atoms with Crippen molar-refractivity contribution < 1.29 is 9.59 Å². The molecule has 144 valence electrons. The zero-order valence-corrected chi connectivity index (χ0v) is 16.3. The zero-order valence-electron chi connectivity index (χ0n) is 16.3. The molecule has 0 aromatic carbocycles. The smallest absolute Gasteiger partial charge is 0.319 e. The predicted octanol–water partition coefficient (Wildman–Crippen LogP) is 1.77. The second-order valence-corrected chi connectivity index (χ2v) is 7.58. The first-order valence-electron chi connectivity index (χ1n) is 9.78. The van der Waals surface area contributed by atoms with Gasteiger partial charge >= 0.3 is 6.03 Å². The lowest BCUT2D eigenvalue weighted by molar-refractivity contribution is -0.122. The number of carbonyl (C=O) groups is 2. The summed E-state index contributed by atoms with van der Waals surface area (Å²) in [6.45, 7) is 7.29. The third-order valence-electron chi connectivity index (χ3n) is 5.77. The van der Waals surface area contributed by atoms with E-state index in [4.69, 9.17) is 0 Å². The summed E-state index contributed by atoms with van der Waals surface area (Å²) in [6.07, 6.45) is 5.14. The highest BCUT2D eigenvalue weighted by atomic mass is 16.2. The van der Waals surface area contributed by atoms with Crippen LogP contribution >= 0.6 is 0 Å². The molecule has 2 aliphatic rings. The van der Waals surface area contributed by atoms with Gasteiger partial charge in [0.05, 0.1) is 5.69 Å². The average molecular weight is 361 g/mol. The van der Waals surface area contributed by atoms with Gasteiger partial charge in [-0.05, 0) is 51.5 Å². The van der Waals surface area contributed by atoms with Crippen LogP contribution in [0.3, 0.4) is 0 Å². The fourth-order valence-corrected chi connectivity index (χ4v) is 4.04. The van der Waals surface area contributed by atoms with Crippen molar-refractivity contribution in [3.05, 3.63) is 17.0 Å². The van der Waals surface area contributed by atoms with Gasteiger partial charge in [0.2, 0.25) is 5.91 Å². The van der Waals surface area contributed by atoms with E-state index in [1.807, 2.05) is 35.4 Å². The molecule has 0 atom stereocenters. The average Bonchev–Trinajstić information content (AvgIpc) is 3.23. The van der Waals surface area contributed by atoms with Gasteiger partial charge in [-0.3, -0.25) is 9.48 Å². The van der Waals surface area contributed by atoms with Gasteiger partial charge in [-0.25, -0.2) is 4.79 Å². The van der Waals surface area contributed by atoms with E-state index in [1.165, 1.54) is 5.56 Å². The maximum absolute atomic E-state index is 12.4. The minimum Gasteiger partial charge on any atom is -0.353 e. The van der Waals surface area contributed by atoms with Gasteiger partial charge in [0.1, 0.15) is 0 Å². The van der Waals surface area contributed by atoms with Gasteiger partial charge < -0.3 is 15.1 Å². The number of rotatable bonds is 4. The highest BCUT2D eigenvalue weighted by Crippen LogP contribution is 2.17. The van der Waals surface area contributed by atoms with Crippen LogP contribution in [0.25, 0.3) is 0 Å². The van der Waals surface area contributed by atoms with Crippen molar-refractivity contribution in [2.24, 2.45) is 7.05 Å². The largest absolute Gasteiger partial charge is 0.353 e. The van der Waals surface area contributed by atoms with Crippen LogP contribution in [0.15, 0.2) is 0 Å². The van der Waals surface area contributed by atoms with Gasteiger partial charge in [-0.2, -0.15) is 5.10 Å². The normalized spacial score (nSPS) is 18.4. The number of likely N-dealkylation sites (tertiary alicyclic amines) is 2. The van der Waals surface area contributed by atoms with Crippen LogP contribution in [0.4, 0.5) is 4.79 Å². The van der Waals surface area contributed by atoms with E-state index < -0.39 is 0 Å². The van der Waals surface area contributed by atoms with Crippen LogP contribution in [-0.2, 0) is 18.3 Å². The van der Waals surface area contributed by atoms with Gasteiger partial charge in [0, 0.05) is 51.4 Å². The molecule has 3 rings (SSSR count). The zero-order chi connectivity index (χ0) is 18.7. The topological polar surface area (TPSA) is 70.5 Å². The molecule has 26 heavy (non-hydrogen) atoms. The minimum atomic E-state index is 0.0944. The Kier molecular flexibility index (Phi) is 5.84. The highest BCUT2D eigenvalue weighted by Gasteiger charge is 2.28. The minimum absolute atomic E-state index is 0.0944. The summed E-state index contributed by atoms with van der Waals surface area (Å²) in [6, 6.07) is 0.357. The number of hydrogen-bond acceptors (Lipinski definition) is 3. The predicted molar refractivity (Wildman–Crippen MR) is 99.9 cm³/mol. The van der Waals surface area contributed by atoms with Gasteiger partial charge in [-0.15, -0.1) is 0 Å². The molecule has 0 bridgehead atoms. The van der Waals surface area contributed by atoms with Crippen LogP contribution < -0.4 is 5.32 Å². The van der Waals surface area contributed by atoms with Gasteiger partial charge in [0.15, 0.2) is 0 Å². The molecule has 0 aliphatic carbocycles. The number of amides is 3. The quantitative estimate of drug-likeness (QED) is 0.888. The van der Waals surface area contributed by atoms with Crippen LogP contribution in [0.5, 0.6) is 0 Å². The number of carbonyl (C=O) groups excluding carboxylic acids is 2. The lowest BCUT2D eigenvalue weighted by Gasteiger charge is -2.34. The Morgan fingerprint density at radius 1 is 1.08 bits per heavy atom. The SMILES string of the molecule is Cc1nn(C)c(C)c1CCC(=O)NC1CCN(C(=O)N2CCCC2)CC1. The Morgan fingerprint density at radius 3 is 2.27 bits per heavy atom. The molecule has 0 unspecified atom stereocenters. The molecule has 1 N–H and O–H groups in total. The Morgan fingerprint density at radius 2 is 1.69 bits per heavy atom. The lowest BCUT2D eigenvalue weighted by Crippen LogP contribution is -2.50. The molecule has 2 saturated heterocycles. The number of hydrogen-bond donors (Lipinski definition) is 1. The fraction of sp³-hybridized carbons (Fsp3) is 0.737. The van der Waals surface area contributed by atoms with Crippen LogP contribution in [0.1, 0.15) is 49.1 Å². The first kappa shape index (κ1) is 18.7. The number of aryl methyl sites for hydroxylation is 2. The summed E-state index contributed by atoms with van der Waals surface area (Å²) in [7, 11) is 1.93. The highest BCUT2D eigenvalue weighted by molar-refractivity contribution is 5.77. The summed E-state index contributed by atoms with van der Waals surface area (Å²) < 4.78 is 1.87. The van der Waals surface area contributed by atoms with E-state index in [1.54, 1.807) is 0 Å². The van der Waals surface area contributed by atoms with Crippen LogP contribution in [0, 0.1) is 13.8 Å². The van der Waals surface area contributed by atoms with E-state index in [0.29, 0.717) is 6.42 Å². The van der Waals surface area contributed by atoms with E-state index in [0.717, 1.165) is 69.7 Å². The Bertz CT molecular complexity index is 655. The Balaban J connectivity index is 1.41. The maximum atomic E-state index is 12.4. The van der Waals surface area contributed by atoms with E-state index >= 15 is 0 Å². The summed E-state index contributed by atoms with van der Waals surface area (Å²) in [4.78, 5) is 28.6. The van der Waals surface area contributed by atoms with Gasteiger partial charge in [0.25, 0.3) is 0 Å². The number of piperidine rings is 1. The fourth-order valence-electron chi connectivity index (χ4n) is 4.04. The third-order valence-corrected chi connectivity index (χ3v) is 5.77. The molecule has 0 radical (unpaired) electrons. The van der Waals surface area contributed by atoms with E-state index in [9.17, 15) is 9.59 Å². The second-order valence-electron chi connectivity index (χ2n) is 7.58. The third kappa shape index (κ3) is 4.19. The molecule has 0 saturated carbocycles. The summed E-state index contributed by atoms with van der Waals surface area (Å²) in [5, 5.41) is 7.55. The lowest BCUT2D eigenvalue weighted by atomic mass is 10.0. The maximum Gasteiger partial charge on any atom is 0.319 e. The first-order valence-corrected chi connectivity index (χ1v) is 9.78. The van der Waals surface area contributed by atoms with Crippen molar-refractivity contribution in [2.75, 3.05) is 26.2 Å². The molecular weight excluding hydrogens is 330 g/mol. The summed E-state index contributed by atoms with van der Waals surface area (Å²) >= 11 is 0. The van der Waals surface area contributed by atoms with Crippen molar-refractivity contribution in [1.82, 2.24) is 24.9 Å². The summed E-state index contributed by atoms with van der Waals surface area (Å²) in [5.41, 5.74) is 3.31. The molecule has 1 aromatic heterocycles. The summed E-state index contributed by atoms with van der Waals surface area (Å²) in [5.74, 6) is 0.0944. The molecule has 2 aliphatic heterocycles. The van der Waals surface area contributed by atoms with Crippen LogP contribution in [-0.4, -0.2) is 63.7 Å². The van der Waals surface area contributed by atoms with E-state index in [-0.39, 0.29) is 18.0 Å². The van der Waals surface area contributed by atoms with Crippen molar-refractivity contribution in [1.29, 1.82) is 0 Å². The number of nitrogens with one attached hydrogen (secondary N) is 1. The van der Waals surface area contributed by atoms with Crippen molar-refractivity contribution >= 4 is 11.9 Å². The molecule has 3 heterocycles. The molecule has 7 nitrogen and oxygen atoms in total. The van der Waals surface area contributed by atoms with Crippen molar-refractivity contribution in [3.63, 3.8) is 0 Å². The Labute approximate surface area is 155 Å². The number of aromatic nitrogens is 2. The van der Waals surface area contributed by atoms with Crippen molar-refractivity contribution in [2.45, 2.75) is 58.4 Å².